The second-order valence-corrected chi connectivity index (χ2v) is 3.96. The van der Waals surface area contributed by atoms with Crippen molar-refractivity contribution in [2.45, 2.75) is 39.2 Å². The molecule has 1 aromatic carbocycles. The van der Waals surface area contributed by atoms with Crippen LogP contribution in [0.5, 0.6) is 5.75 Å². The quantitative estimate of drug-likeness (QED) is 0.707. The van der Waals surface area contributed by atoms with Crippen LogP contribution < -0.4 is 4.74 Å². The number of ether oxygens (including phenoxy) is 1. The molecule has 0 fully saturated rings. The van der Waals surface area contributed by atoms with Crippen molar-refractivity contribution in [1.29, 1.82) is 0 Å². The van der Waals surface area contributed by atoms with Gasteiger partial charge in [0.2, 0.25) is 0 Å². The highest BCUT2D eigenvalue weighted by Crippen LogP contribution is 2.18. The Morgan fingerprint density at radius 3 is 2.50 bits per heavy atom. The van der Waals surface area contributed by atoms with Gasteiger partial charge < -0.3 is 4.74 Å². The molecule has 1 rings (SSSR count). The molecule has 0 spiro atoms. The average molecular weight is 213 g/mol. The van der Waals surface area contributed by atoms with E-state index in [1.54, 1.807) is 0 Å². The smallest absolute Gasteiger partial charge is 0.119 e. The van der Waals surface area contributed by atoms with E-state index in [4.69, 9.17) is 16.3 Å². The summed E-state index contributed by atoms with van der Waals surface area (Å²) in [5.41, 5.74) is 0. The van der Waals surface area contributed by atoms with Crippen LogP contribution in [-0.4, -0.2) is 6.10 Å². The zero-order valence-corrected chi connectivity index (χ0v) is 9.55. The van der Waals surface area contributed by atoms with Crippen molar-refractivity contribution in [3.05, 3.63) is 29.3 Å². The number of halogens is 1. The lowest BCUT2D eigenvalue weighted by molar-refractivity contribution is 0.207. The van der Waals surface area contributed by atoms with E-state index in [9.17, 15) is 0 Å². The van der Waals surface area contributed by atoms with Crippen LogP contribution in [0.3, 0.4) is 0 Å². The summed E-state index contributed by atoms with van der Waals surface area (Å²) in [5, 5.41) is 0.749. The molecule has 0 aliphatic heterocycles. The van der Waals surface area contributed by atoms with Crippen LogP contribution in [-0.2, 0) is 0 Å². The summed E-state index contributed by atoms with van der Waals surface area (Å²) in [5.74, 6) is 0.901. The van der Waals surface area contributed by atoms with Gasteiger partial charge in [0.1, 0.15) is 5.75 Å². The molecule has 1 nitrogen and oxygen atoms in total. The van der Waals surface area contributed by atoms with E-state index in [0.29, 0.717) is 0 Å². The van der Waals surface area contributed by atoms with Gasteiger partial charge in [0.25, 0.3) is 0 Å². The van der Waals surface area contributed by atoms with Gasteiger partial charge in [0, 0.05) is 5.02 Å². The minimum absolute atomic E-state index is 0.288. The Kier molecular flexibility index (Phi) is 4.81. The summed E-state index contributed by atoms with van der Waals surface area (Å²) < 4.78 is 5.71. The third-order valence-corrected chi connectivity index (χ3v) is 2.37. The van der Waals surface area contributed by atoms with E-state index >= 15 is 0 Å². The van der Waals surface area contributed by atoms with Crippen molar-refractivity contribution in [3.8, 4) is 5.75 Å². The Labute approximate surface area is 91.0 Å². The molecule has 1 atom stereocenters. The first-order valence-electron chi connectivity index (χ1n) is 5.14. The molecular formula is C12H17ClO. The Hall–Kier alpha value is -0.690. The topological polar surface area (TPSA) is 9.23 Å². The van der Waals surface area contributed by atoms with Gasteiger partial charge in [-0.2, -0.15) is 0 Å². The highest BCUT2D eigenvalue weighted by atomic mass is 35.5. The molecule has 78 valence electrons. The van der Waals surface area contributed by atoms with Gasteiger partial charge in [-0.3, -0.25) is 0 Å². The van der Waals surface area contributed by atoms with Crippen molar-refractivity contribution < 1.29 is 4.74 Å². The first kappa shape index (κ1) is 11.4. The second-order valence-electron chi connectivity index (χ2n) is 3.52. The first-order valence-corrected chi connectivity index (χ1v) is 5.52. The molecular weight excluding hydrogens is 196 g/mol. The van der Waals surface area contributed by atoms with Gasteiger partial charge in [-0.05, 0) is 37.6 Å². The van der Waals surface area contributed by atoms with Gasteiger partial charge >= 0.3 is 0 Å². The Bertz CT molecular complexity index is 256. The lowest BCUT2D eigenvalue weighted by Gasteiger charge is -2.13. The van der Waals surface area contributed by atoms with Gasteiger partial charge in [-0.25, -0.2) is 0 Å². The zero-order valence-electron chi connectivity index (χ0n) is 8.79. The lowest BCUT2D eigenvalue weighted by Crippen LogP contribution is -2.11. The van der Waals surface area contributed by atoms with Crippen LogP contribution in [0.4, 0.5) is 0 Å². The maximum atomic E-state index is 5.78. The number of benzene rings is 1. The standard InChI is InChI=1S/C12H17ClO/c1-3-4-5-10(2)14-12-8-6-11(13)7-9-12/h6-10H,3-5H2,1-2H3. The minimum atomic E-state index is 0.288. The fourth-order valence-electron chi connectivity index (χ4n) is 1.30. The van der Waals surface area contributed by atoms with Gasteiger partial charge in [0.15, 0.2) is 0 Å². The number of unbranched alkanes of at least 4 members (excludes halogenated alkanes) is 1. The molecule has 0 radical (unpaired) electrons. The molecule has 0 saturated carbocycles. The molecule has 1 aromatic rings. The predicted molar refractivity (Wildman–Crippen MR) is 61.1 cm³/mol. The fraction of sp³-hybridized carbons (Fsp3) is 0.500. The van der Waals surface area contributed by atoms with E-state index in [-0.39, 0.29) is 6.10 Å². The molecule has 0 N–H and O–H groups in total. The van der Waals surface area contributed by atoms with Gasteiger partial charge in [-0.15, -0.1) is 0 Å². The predicted octanol–water partition coefficient (Wildman–Crippen LogP) is 4.30. The molecule has 0 amide bonds. The van der Waals surface area contributed by atoms with E-state index in [2.05, 4.69) is 13.8 Å². The van der Waals surface area contributed by atoms with Crippen molar-refractivity contribution in [1.82, 2.24) is 0 Å². The van der Waals surface area contributed by atoms with Crippen molar-refractivity contribution in [3.63, 3.8) is 0 Å². The highest BCUT2D eigenvalue weighted by Gasteiger charge is 2.02. The molecule has 1 unspecified atom stereocenters. The second kappa shape index (κ2) is 5.92. The maximum Gasteiger partial charge on any atom is 0.119 e. The summed E-state index contributed by atoms with van der Waals surface area (Å²) >= 11 is 5.78. The van der Waals surface area contributed by atoms with E-state index in [1.807, 2.05) is 24.3 Å². The molecule has 0 aliphatic rings. The average Bonchev–Trinajstić information content (AvgIpc) is 2.18. The summed E-state index contributed by atoms with van der Waals surface area (Å²) in [4.78, 5) is 0. The summed E-state index contributed by atoms with van der Waals surface area (Å²) in [6.45, 7) is 4.29. The highest BCUT2D eigenvalue weighted by molar-refractivity contribution is 6.30. The molecule has 0 saturated heterocycles. The molecule has 14 heavy (non-hydrogen) atoms. The number of rotatable bonds is 5. The molecule has 0 bridgehead atoms. The minimum Gasteiger partial charge on any atom is -0.491 e. The Balaban J connectivity index is 2.39. The van der Waals surface area contributed by atoms with E-state index < -0.39 is 0 Å². The normalized spacial score (nSPS) is 12.5. The molecule has 2 heteroatoms. The largest absolute Gasteiger partial charge is 0.491 e. The Morgan fingerprint density at radius 1 is 1.29 bits per heavy atom. The monoisotopic (exact) mass is 212 g/mol. The van der Waals surface area contributed by atoms with Crippen LogP contribution >= 0.6 is 11.6 Å². The molecule has 0 aromatic heterocycles. The van der Waals surface area contributed by atoms with Gasteiger partial charge in [-0.1, -0.05) is 31.4 Å². The number of hydrogen-bond acceptors (Lipinski definition) is 1. The van der Waals surface area contributed by atoms with Crippen molar-refractivity contribution >= 4 is 11.6 Å². The first-order chi connectivity index (χ1) is 6.72. The summed E-state index contributed by atoms with van der Waals surface area (Å²) in [6, 6.07) is 7.52. The summed E-state index contributed by atoms with van der Waals surface area (Å²) in [7, 11) is 0. The van der Waals surface area contributed by atoms with Crippen LogP contribution in [0.2, 0.25) is 5.02 Å². The van der Waals surface area contributed by atoms with Crippen LogP contribution in [0.1, 0.15) is 33.1 Å². The van der Waals surface area contributed by atoms with Crippen molar-refractivity contribution in [2.75, 3.05) is 0 Å². The van der Waals surface area contributed by atoms with E-state index in [0.717, 1.165) is 17.2 Å². The third kappa shape index (κ3) is 4.01. The zero-order chi connectivity index (χ0) is 10.4. The maximum absolute atomic E-state index is 5.78. The fourth-order valence-corrected chi connectivity index (χ4v) is 1.42. The lowest BCUT2D eigenvalue weighted by atomic mass is 10.2. The van der Waals surface area contributed by atoms with Crippen LogP contribution in [0.15, 0.2) is 24.3 Å². The Morgan fingerprint density at radius 2 is 1.93 bits per heavy atom. The van der Waals surface area contributed by atoms with Crippen LogP contribution in [0, 0.1) is 0 Å². The van der Waals surface area contributed by atoms with Gasteiger partial charge in [0.05, 0.1) is 6.10 Å². The molecule has 0 heterocycles. The third-order valence-electron chi connectivity index (χ3n) is 2.12. The summed E-state index contributed by atoms with van der Waals surface area (Å²) in [6.07, 6.45) is 3.83. The van der Waals surface area contributed by atoms with Crippen LogP contribution in [0.25, 0.3) is 0 Å². The van der Waals surface area contributed by atoms with E-state index in [1.165, 1.54) is 12.8 Å². The SMILES string of the molecule is CCCCC(C)Oc1ccc(Cl)cc1. The number of hydrogen-bond donors (Lipinski definition) is 0. The molecule has 0 aliphatic carbocycles. The van der Waals surface area contributed by atoms with Crippen molar-refractivity contribution in [2.24, 2.45) is 0 Å².